The van der Waals surface area contributed by atoms with Crippen molar-refractivity contribution in [2.45, 2.75) is 13.2 Å². The Hall–Kier alpha value is -3.56. The second-order valence-corrected chi connectivity index (χ2v) is 5.53. The van der Waals surface area contributed by atoms with Gasteiger partial charge in [-0.05, 0) is 42.0 Å². The van der Waals surface area contributed by atoms with Crippen molar-refractivity contribution < 1.29 is 41.3 Å². The first kappa shape index (κ1) is 20.2. The number of methoxy groups -OCH3 is 1. The van der Waals surface area contributed by atoms with E-state index in [9.17, 15) is 22.4 Å². The fraction of sp³-hybridized carbons (Fsp3) is 0.158. The molecule has 0 radical (unpaired) electrons. The maximum atomic E-state index is 12.4. The van der Waals surface area contributed by atoms with Crippen molar-refractivity contribution in [3.05, 3.63) is 59.3 Å². The van der Waals surface area contributed by atoms with E-state index in [0.29, 0.717) is 11.1 Å². The minimum Gasteiger partial charge on any atom is -0.493 e. The number of carbonyl (C=O) groups is 1. The molecule has 0 spiro atoms. The van der Waals surface area contributed by atoms with E-state index in [1.54, 1.807) is 0 Å². The van der Waals surface area contributed by atoms with Crippen molar-refractivity contribution in [2.75, 3.05) is 7.11 Å². The van der Waals surface area contributed by atoms with E-state index in [2.05, 4.69) is 14.5 Å². The van der Waals surface area contributed by atoms with Crippen molar-refractivity contribution in [1.82, 2.24) is 0 Å². The summed E-state index contributed by atoms with van der Waals surface area (Å²) in [6.45, 7) is -5.96. The normalized spacial score (nSPS) is 14.9. The van der Waals surface area contributed by atoms with Gasteiger partial charge < -0.3 is 18.9 Å². The van der Waals surface area contributed by atoms with Crippen LogP contribution in [0.3, 0.4) is 0 Å². The summed E-state index contributed by atoms with van der Waals surface area (Å²) in [7, 11) is 1.27. The van der Waals surface area contributed by atoms with Crippen LogP contribution in [0.25, 0.3) is 6.08 Å². The second kappa shape index (κ2) is 8.63. The molecule has 152 valence electrons. The number of rotatable bonds is 7. The maximum Gasteiger partial charge on any atom is 0.387 e. The number of nitrogens with zero attached hydrogens (tertiary/aromatic N) is 1. The topological polar surface area (TPSA) is 66.4 Å². The van der Waals surface area contributed by atoms with Gasteiger partial charge in [0.05, 0.1) is 7.11 Å². The number of ether oxygens (including phenoxy) is 4. The van der Waals surface area contributed by atoms with Crippen LogP contribution in [0, 0.1) is 0 Å². The van der Waals surface area contributed by atoms with Crippen molar-refractivity contribution in [3.8, 4) is 17.2 Å². The lowest BCUT2D eigenvalue weighted by Crippen LogP contribution is -2.07. The SMILES string of the molecule is COc1cc(C2=N/C(=C/c3ccc(OC(F)F)cc3)C(=O)O2)ccc1OC(F)F. The number of cyclic esters (lactones) is 1. The van der Waals surface area contributed by atoms with Gasteiger partial charge in [0.2, 0.25) is 5.90 Å². The second-order valence-electron chi connectivity index (χ2n) is 5.53. The summed E-state index contributed by atoms with van der Waals surface area (Å²) in [6, 6.07) is 9.51. The molecule has 0 unspecified atom stereocenters. The smallest absolute Gasteiger partial charge is 0.387 e. The van der Waals surface area contributed by atoms with E-state index in [-0.39, 0.29) is 28.8 Å². The van der Waals surface area contributed by atoms with Crippen molar-refractivity contribution in [3.63, 3.8) is 0 Å². The molecule has 6 nitrogen and oxygen atoms in total. The molecular formula is C19H13F4NO5. The van der Waals surface area contributed by atoms with Crippen LogP contribution in [-0.4, -0.2) is 32.2 Å². The minimum atomic E-state index is -3.02. The lowest BCUT2D eigenvalue weighted by atomic mass is 10.2. The monoisotopic (exact) mass is 411 g/mol. The van der Waals surface area contributed by atoms with Crippen LogP contribution in [-0.2, 0) is 9.53 Å². The Kier molecular flexibility index (Phi) is 6.01. The van der Waals surface area contributed by atoms with E-state index in [1.165, 1.54) is 55.7 Å². The molecule has 0 saturated heterocycles. The lowest BCUT2D eigenvalue weighted by Gasteiger charge is -2.10. The number of hydrogen-bond donors (Lipinski definition) is 0. The molecule has 0 aliphatic carbocycles. The molecule has 0 atom stereocenters. The van der Waals surface area contributed by atoms with Gasteiger partial charge in [0.15, 0.2) is 17.2 Å². The molecule has 0 bridgehead atoms. The van der Waals surface area contributed by atoms with Crippen LogP contribution in [0.1, 0.15) is 11.1 Å². The molecule has 0 aromatic heterocycles. The zero-order chi connectivity index (χ0) is 21.0. The summed E-state index contributed by atoms with van der Waals surface area (Å²) >= 11 is 0. The number of carbonyl (C=O) groups excluding carboxylic acids is 1. The number of aliphatic imine (C=N–C) groups is 1. The molecule has 29 heavy (non-hydrogen) atoms. The highest BCUT2D eigenvalue weighted by Gasteiger charge is 2.25. The van der Waals surface area contributed by atoms with Crippen molar-refractivity contribution in [1.29, 1.82) is 0 Å². The van der Waals surface area contributed by atoms with Gasteiger partial charge in [-0.3, -0.25) is 0 Å². The van der Waals surface area contributed by atoms with Gasteiger partial charge in [0.25, 0.3) is 0 Å². The Morgan fingerprint density at radius 2 is 1.66 bits per heavy atom. The Balaban J connectivity index is 1.83. The molecule has 10 heteroatoms. The van der Waals surface area contributed by atoms with Gasteiger partial charge in [-0.25, -0.2) is 9.79 Å². The highest BCUT2D eigenvalue weighted by atomic mass is 19.3. The minimum absolute atomic E-state index is 0.00796. The molecule has 1 heterocycles. The average Bonchev–Trinajstić information content (AvgIpc) is 3.03. The summed E-state index contributed by atoms with van der Waals surface area (Å²) in [5, 5.41) is 0. The lowest BCUT2D eigenvalue weighted by molar-refractivity contribution is -0.129. The van der Waals surface area contributed by atoms with Crippen LogP contribution >= 0.6 is 0 Å². The first-order valence-electron chi connectivity index (χ1n) is 8.06. The van der Waals surface area contributed by atoms with E-state index >= 15 is 0 Å². The third kappa shape index (κ3) is 5.03. The summed E-state index contributed by atoms with van der Waals surface area (Å²) in [4.78, 5) is 16.1. The molecule has 0 N–H and O–H groups in total. The molecule has 2 aromatic carbocycles. The maximum absolute atomic E-state index is 12.4. The van der Waals surface area contributed by atoms with Crippen molar-refractivity contribution in [2.24, 2.45) is 4.99 Å². The zero-order valence-corrected chi connectivity index (χ0v) is 14.8. The van der Waals surface area contributed by atoms with E-state index in [4.69, 9.17) is 9.47 Å². The van der Waals surface area contributed by atoms with E-state index < -0.39 is 19.2 Å². The quantitative estimate of drug-likeness (QED) is 0.387. The predicted molar refractivity (Wildman–Crippen MR) is 93.3 cm³/mol. The highest BCUT2D eigenvalue weighted by molar-refractivity contribution is 6.13. The number of benzene rings is 2. The third-order valence-corrected chi connectivity index (χ3v) is 3.66. The van der Waals surface area contributed by atoms with Gasteiger partial charge in [-0.2, -0.15) is 17.6 Å². The molecule has 0 amide bonds. The van der Waals surface area contributed by atoms with Gasteiger partial charge >= 0.3 is 19.2 Å². The predicted octanol–water partition coefficient (Wildman–Crippen LogP) is 4.24. The fourth-order valence-corrected chi connectivity index (χ4v) is 2.43. The standard InChI is InChI=1S/C19H13F4NO5/c1-26-15-9-11(4-7-14(15)28-19(22)23)16-24-13(17(25)29-16)8-10-2-5-12(6-3-10)27-18(20)21/h2-9,18-19H,1H3/b13-8+. The Bertz CT molecular complexity index is 958. The first-order valence-corrected chi connectivity index (χ1v) is 8.06. The third-order valence-electron chi connectivity index (χ3n) is 3.66. The van der Waals surface area contributed by atoms with Gasteiger partial charge in [-0.1, -0.05) is 12.1 Å². The molecule has 3 rings (SSSR count). The average molecular weight is 411 g/mol. The highest BCUT2D eigenvalue weighted by Crippen LogP contribution is 2.31. The summed E-state index contributed by atoms with van der Waals surface area (Å²) in [6.07, 6.45) is 1.40. The summed E-state index contributed by atoms with van der Waals surface area (Å²) < 4.78 is 67.9. The molecule has 1 aliphatic rings. The number of alkyl halides is 4. The zero-order valence-electron chi connectivity index (χ0n) is 14.8. The Morgan fingerprint density at radius 3 is 2.28 bits per heavy atom. The molecule has 0 saturated carbocycles. The van der Waals surface area contributed by atoms with E-state index in [0.717, 1.165) is 0 Å². The molecule has 1 aliphatic heterocycles. The van der Waals surface area contributed by atoms with Crippen LogP contribution < -0.4 is 14.2 Å². The first-order chi connectivity index (χ1) is 13.9. The van der Waals surface area contributed by atoms with E-state index in [1.807, 2.05) is 0 Å². The number of esters is 1. The van der Waals surface area contributed by atoms with Crippen LogP contribution in [0.15, 0.2) is 53.2 Å². The summed E-state index contributed by atoms with van der Waals surface area (Å²) in [5.41, 5.74) is 0.775. The molecule has 0 fully saturated rings. The van der Waals surface area contributed by atoms with Crippen LogP contribution in [0.2, 0.25) is 0 Å². The van der Waals surface area contributed by atoms with Gasteiger partial charge in [0, 0.05) is 5.56 Å². The van der Waals surface area contributed by atoms with Crippen molar-refractivity contribution >= 4 is 17.9 Å². The van der Waals surface area contributed by atoms with Crippen LogP contribution in [0.5, 0.6) is 17.2 Å². The Morgan fingerprint density at radius 1 is 0.966 bits per heavy atom. The van der Waals surface area contributed by atoms with Gasteiger partial charge in [-0.15, -0.1) is 0 Å². The fourth-order valence-electron chi connectivity index (χ4n) is 2.43. The van der Waals surface area contributed by atoms with Gasteiger partial charge in [0.1, 0.15) is 5.75 Å². The number of hydrogen-bond acceptors (Lipinski definition) is 6. The Labute approximate surface area is 162 Å². The largest absolute Gasteiger partial charge is 0.493 e. The number of halogens is 4. The molecule has 2 aromatic rings. The van der Waals surface area contributed by atoms with Crippen LogP contribution in [0.4, 0.5) is 17.6 Å². The summed E-state index contributed by atoms with van der Waals surface area (Å²) in [5.74, 6) is -0.995. The molecular weight excluding hydrogens is 398 g/mol.